The zero-order valence-electron chi connectivity index (χ0n) is 10.8. The largest absolute Gasteiger partial charge is 0.444 e. The second-order valence-electron chi connectivity index (χ2n) is 4.55. The molecule has 0 bridgehead atoms. The molecule has 0 spiro atoms. The average Bonchev–Trinajstić information content (AvgIpc) is 2.83. The number of imidazole rings is 1. The molecule has 0 unspecified atom stereocenters. The molecule has 20 heavy (non-hydrogen) atoms. The number of nitrogens with zero attached hydrogens (tertiary/aromatic N) is 2. The van der Waals surface area contributed by atoms with Crippen molar-refractivity contribution in [1.29, 1.82) is 0 Å². The van der Waals surface area contributed by atoms with E-state index in [0.717, 1.165) is 11.8 Å². The highest BCUT2D eigenvalue weighted by Gasteiger charge is 2.13. The van der Waals surface area contributed by atoms with Crippen molar-refractivity contribution >= 4 is 23.3 Å². The Morgan fingerprint density at radius 3 is 2.75 bits per heavy atom. The second kappa shape index (κ2) is 4.52. The minimum Gasteiger partial charge on any atom is -0.444 e. The highest BCUT2D eigenvalue weighted by molar-refractivity contribution is 7.71. The van der Waals surface area contributed by atoms with Crippen LogP contribution in [0.25, 0.3) is 11.0 Å². The van der Waals surface area contributed by atoms with Crippen LogP contribution in [-0.4, -0.2) is 14.5 Å². The molecule has 4 nitrogen and oxygen atoms in total. The fourth-order valence-corrected chi connectivity index (χ4v) is 2.34. The molecule has 3 aromatic rings. The van der Waals surface area contributed by atoms with Gasteiger partial charge in [-0.25, -0.2) is 13.8 Å². The Morgan fingerprint density at radius 1 is 1.35 bits per heavy atom. The number of H-pyrrole nitrogens is 1. The topological polar surface area (TPSA) is 46.8 Å². The molecule has 0 saturated carbocycles. The number of hydrogen-bond donors (Lipinski definition) is 1. The van der Waals surface area contributed by atoms with Crippen LogP contribution in [0, 0.1) is 30.3 Å². The lowest BCUT2D eigenvalue weighted by molar-refractivity contribution is 0.458. The van der Waals surface area contributed by atoms with Gasteiger partial charge in [-0.1, -0.05) is 0 Å². The number of oxazole rings is 1. The van der Waals surface area contributed by atoms with Crippen LogP contribution < -0.4 is 0 Å². The summed E-state index contributed by atoms with van der Waals surface area (Å²) < 4.78 is 34.4. The Labute approximate surface area is 118 Å². The van der Waals surface area contributed by atoms with Gasteiger partial charge in [0.1, 0.15) is 23.6 Å². The van der Waals surface area contributed by atoms with E-state index in [-0.39, 0.29) is 16.8 Å². The Balaban J connectivity index is 2.16. The van der Waals surface area contributed by atoms with Crippen LogP contribution in [0.4, 0.5) is 8.78 Å². The van der Waals surface area contributed by atoms with Crippen molar-refractivity contribution in [2.24, 2.45) is 0 Å². The molecule has 0 radical (unpaired) electrons. The van der Waals surface area contributed by atoms with E-state index in [2.05, 4.69) is 9.97 Å². The quantitative estimate of drug-likeness (QED) is 0.734. The summed E-state index contributed by atoms with van der Waals surface area (Å²) in [5, 5.41) is 0. The normalized spacial score (nSPS) is 11.4. The van der Waals surface area contributed by atoms with Gasteiger partial charge < -0.3 is 14.0 Å². The molecule has 3 rings (SSSR count). The summed E-state index contributed by atoms with van der Waals surface area (Å²) >= 11 is 5.14. The van der Waals surface area contributed by atoms with Crippen LogP contribution in [0.3, 0.4) is 0 Å². The van der Waals surface area contributed by atoms with E-state index in [0.29, 0.717) is 17.2 Å². The summed E-state index contributed by atoms with van der Waals surface area (Å²) in [6.45, 7) is 3.85. The van der Waals surface area contributed by atoms with Crippen LogP contribution in [0.15, 0.2) is 16.5 Å². The first-order valence-corrected chi connectivity index (χ1v) is 6.37. The summed E-state index contributed by atoms with van der Waals surface area (Å²) in [6.07, 6.45) is 0. The van der Waals surface area contributed by atoms with Gasteiger partial charge in [-0.3, -0.25) is 0 Å². The van der Waals surface area contributed by atoms with Gasteiger partial charge >= 0.3 is 0 Å². The van der Waals surface area contributed by atoms with Crippen LogP contribution in [0.5, 0.6) is 0 Å². The van der Waals surface area contributed by atoms with Crippen molar-refractivity contribution in [3.05, 3.63) is 45.9 Å². The molecule has 0 saturated heterocycles. The maximum Gasteiger partial charge on any atom is 0.214 e. The molecule has 0 amide bonds. The number of benzene rings is 1. The Kier molecular flexibility index (Phi) is 2.93. The SMILES string of the molecule is Cc1nc(Cn2c(=S)[nH]c3c(F)cc(F)cc32)oc1C. The van der Waals surface area contributed by atoms with E-state index in [1.54, 1.807) is 11.5 Å². The molecule has 0 fully saturated rings. The fraction of sp³-hybridized carbons (Fsp3) is 0.231. The van der Waals surface area contributed by atoms with Gasteiger partial charge in [0.15, 0.2) is 10.6 Å². The van der Waals surface area contributed by atoms with Gasteiger partial charge in [0.2, 0.25) is 5.89 Å². The summed E-state index contributed by atoms with van der Waals surface area (Å²) in [5.41, 5.74) is 1.31. The lowest BCUT2D eigenvalue weighted by Crippen LogP contribution is -2.00. The number of aromatic nitrogens is 3. The van der Waals surface area contributed by atoms with Crippen LogP contribution in [0.2, 0.25) is 0 Å². The van der Waals surface area contributed by atoms with Crippen LogP contribution in [0.1, 0.15) is 17.3 Å². The second-order valence-corrected chi connectivity index (χ2v) is 4.93. The third kappa shape index (κ3) is 2.03. The summed E-state index contributed by atoms with van der Waals surface area (Å²) in [5.74, 6) is -0.174. The van der Waals surface area contributed by atoms with E-state index in [1.165, 1.54) is 6.07 Å². The highest BCUT2D eigenvalue weighted by atomic mass is 32.1. The molecule has 1 N–H and O–H groups in total. The molecular weight excluding hydrogens is 284 g/mol. The van der Waals surface area contributed by atoms with Crippen molar-refractivity contribution in [2.75, 3.05) is 0 Å². The first-order valence-electron chi connectivity index (χ1n) is 5.96. The van der Waals surface area contributed by atoms with Gasteiger partial charge in [-0.15, -0.1) is 0 Å². The molecule has 0 atom stereocenters. The first-order chi connectivity index (χ1) is 9.45. The van der Waals surface area contributed by atoms with E-state index in [1.807, 2.05) is 6.92 Å². The number of hydrogen-bond acceptors (Lipinski definition) is 3. The number of rotatable bonds is 2. The maximum absolute atomic E-state index is 13.7. The van der Waals surface area contributed by atoms with Crippen molar-refractivity contribution in [3.63, 3.8) is 0 Å². The zero-order valence-corrected chi connectivity index (χ0v) is 11.6. The first kappa shape index (κ1) is 13.0. The van der Waals surface area contributed by atoms with Crippen molar-refractivity contribution in [3.8, 4) is 0 Å². The van der Waals surface area contributed by atoms with Gasteiger partial charge in [-0.2, -0.15) is 0 Å². The van der Waals surface area contributed by atoms with Crippen molar-refractivity contribution in [1.82, 2.24) is 14.5 Å². The number of fused-ring (bicyclic) bond motifs is 1. The van der Waals surface area contributed by atoms with Gasteiger partial charge in [0, 0.05) is 6.07 Å². The summed E-state index contributed by atoms with van der Waals surface area (Å²) in [6, 6.07) is 2.05. The van der Waals surface area contributed by atoms with Crippen molar-refractivity contribution < 1.29 is 13.2 Å². The van der Waals surface area contributed by atoms with Crippen LogP contribution in [-0.2, 0) is 6.54 Å². The Morgan fingerprint density at radius 2 is 2.10 bits per heavy atom. The minimum absolute atomic E-state index is 0.177. The van der Waals surface area contributed by atoms with E-state index >= 15 is 0 Å². The van der Waals surface area contributed by atoms with Crippen LogP contribution >= 0.6 is 12.2 Å². The monoisotopic (exact) mass is 295 g/mol. The molecule has 104 valence electrons. The lowest BCUT2D eigenvalue weighted by Gasteiger charge is -2.01. The zero-order chi connectivity index (χ0) is 14.4. The number of halogens is 2. The van der Waals surface area contributed by atoms with Gasteiger partial charge in [0.25, 0.3) is 0 Å². The minimum atomic E-state index is -0.676. The Bertz CT molecular complexity index is 843. The Hall–Kier alpha value is -2.02. The molecule has 0 aliphatic rings. The average molecular weight is 295 g/mol. The van der Waals surface area contributed by atoms with Crippen molar-refractivity contribution in [2.45, 2.75) is 20.4 Å². The third-order valence-corrected chi connectivity index (χ3v) is 3.49. The molecule has 1 aromatic carbocycles. The maximum atomic E-state index is 13.7. The summed E-state index contributed by atoms with van der Waals surface area (Å²) in [4.78, 5) is 6.97. The fourth-order valence-electron chi connectivity index (χ4n) is 2.08. The van der Waals surface area contributed by atoms with E-state index in [4.69, 9.17) is 16.6 Å². The highest BCUT2D eigenvalue weighted by Crippen LogP contribution is 2.21. The number of aryl methyl sites for hydroxylation is 2. The number of nitrogens with one attached hydrogen (secondary N) is 1. The molecule has 7 heteroatoms. The lowest BCUT2D eigenvalue weighted by atomic mass is 10.3. The smallest absolute Gasteiger partial charge is 0.214 e. The predicted molar refractivity (Wildman–Crippen MR) is 72.1 cm³/mol. The van der Waals surface area contributed by atoms with E-state index < -0.39 is 11.6 Å². The molecule has 2 aromatic heterocycles. The molecule has 0 aliphatic carbocycles. The van der Waals surface area contributed by atoms with Gasteiger partial charge in [0.05, 0.1) is 11.2 Å². The standard InChI is InChI=1S/C13H11F2N3OS/c1-6-7(2)19-11(16-6)5-18-10-4-8(14)3-9(15)12(10)17-13(18)20/h3-4H,5H2,1-2H3,(H,17,20). The van der Waals surface area contributed by atoms with Gasteiger partial charge in [-0.05, 0) is 32.1 Å². The summed E-state index contributed by atoms with van der Waals surface area (Å²) in [7, 11) is 0. The number of aromatic amines is 1. The predicted octanol–water partition coefficient (Wildman–Crippen LogP) is 3.63. The molecule has 2 heterocycles. The molecular formula is C13H11F2N3OS. The third-order valence-electron chi connectivity index (χ3n) is 3.17. The molecule has 0 aliphatic heterocycles. The van der Waals surface area contributed by atoms with E-state index in [9.17, 15) is 8.78 Å².